The van der Waals surface area contributed by atoms with Gasteiger partial charge in [-0.25, -0.2) is 4.98 Å². The minimum Gasteiger partial charge on any atom is -0.383 e. The van der Waals surface area contributed by atoms with E-state index >= 15 is 0 Å². The summed E-state index contributed by atoms with van der Waals surface area (Å²) in [5.41, 5.74) is 1.24. The van der Waals surface area contributed by atoms with Gasteiger partial charge in [-0.3, -0.25) is 0 Å². The van der Waals surface area contributed by atoms with E-state index in [4.69, 9.17) is 9.47 Å². The number of hydrogen-bond donors (Lipinski definition) is 1. The SMILES string of the molecule is COCCNCc1cnc(C)n1CC1CCC(C)(C)O1. The van der Waals surface area contributed by atoms with Crippen molar-refractivity contribution in [2.75, 3.05) is 20.3 Å². The largest absolute Gasteiger partial charge is 0.383 e. The van der Waals surface area contributed by atoms with Gasteiger partial charge in [0.2, 0.25) is 0 Å². The van der Waals surface area contributed by atoms with Gasteiger partial charge in [0.1, 0.15) is 5.82 Å². The molecule has 0 radical (unpaired) electrons. The van der Waals surface area contributed by atoms with Crippen LogP contribution < -0.4 is 5.32 Å². The molecule has 0 saturated carbocycles. The zero-order valence-corrected chi connectivity index (χ0v) is 13.1. The number of rotatable bonds is 7. The third-order valence-corrected chi connectivity index (χ3v) is 3.87. The highest BCUT2D eigenvalue weighted by Crippen LogP contribution is 2.30. The van der Waals surface area contributed by atoms with Gasteiger partial charge in [0.15, 0.2) is 0 Å². The molecule has 0 bridgehead atoms. The average Bonchev–Trinajstić information content (AvgIpc) is 2.91. The summed E-state index contributed by atoms with van der Waals surface area (Å²) in [5.74, 6) is 1.06. The van der Waals surface area contributed by atoms with E-state index < -0.39 is 0 Å². The lowest BCUT2D eigenvalue weighted by molar-refractivity contribution is -0.0222. The Hall–Kier alpha value is -0.910. The summed E-state index contributed by atoms with van der Waals surface area (Å²) in [4.78, 5) is 4.43. The Balaban J connectivity index is 1.92. The van der Waals surface area contributed by atoms with E-state index in [0.29, 0.717) is 6.10 Å². The molecule has 1 N–H and O–H groups in total. The molecule has 0 aliphatic carbocycles. The molecule has 1 fully saturated rings. The Morgan fingerprint density at radius 3 is 3.00 bits per heavy atom. The Kier molecular flexibility index (Phi) is 5.18. The lowest BCUT2D eigenvalue weighted by Crippen LogP contribution is -2.25. The topological polar surface area (TPSA) is 48.3 Å². The monoisotopic (exact) mass is 281 g/mol. The van der Waals surface area contributed by atoms with Crippen LogP contribution in [0, 0.1) is 6.92 Å². The van der Waals surface area contributed by atoms with Gasteiger partial charge in [-0.15, -0.1) is 0 Å². The van der Waals surface area contributed by atoms with Crippen LogP contribution in [0.5, 0.6) is 0 Å². The maximum atomic E-state index is 6.09. The minimum absolute atomic E-state index is 0.0238. The number of methoxy groups -OCH3 is 1. The molecule has 0 amide bonds. The number of imidazole rings is 1. The van der Waals surface area contributed by atoms with Crippen LogP contribution in [-0.2, 0) is 22.6 Å². The molecule has 5 nitrogen and oxygen atoms in total. The first-order valence-electron chi connectivity index (χ1n) is 7.40. The number of nitrogens with zero attached hydrogens (tertiary/aromatic N) is 2. The van der Waals surface area contributed by atoms with Crippen molar-refractivity contribution in [3.05, 3.63) is 17.7 Å². The molecular weight excluding hydrogens is 254 g/mol. The van der Waals surface area contributed by atoms with Crippen LogP contribution in [-0.4, -0.2) is 41.5 Å². The second-order valence-electron chi connectivity index (χ2n) is 6.12. The molecule has 0 spiro atoms. The smallest absolute Gasteiger partial charge is 0.105 e. The molecule has 20 heavy (non-hydrogen) atoms. The summed E-state index contributed by atoms with van der Waals surface area (Å²) in [7, 11) is 1.72. The summed E-state index contributed by atoms with van der Waals surface area (Å²) in [6, 6.07) is 0. The highest BCUT2D eigenvalue weighted by molar-refractivity contribution is 5.05. The van der Waals surface area contributed by atoms with Gasteiger partial charge >= 0.3 is 0 Å². The third-order valence-electron chi connectivity index (χ3n) is 3.87. The zero-order chi connectivity index (χ0) is 14.6. The third kappa shape index (κ3) is 4.04. The van der Waals surface area contributed by atoms with E-state index in [1.807, 2.05) is 6.20 Å². The molecule has 1 aliphatic rings. The van der Waals surface area contributed by atoms with Crippen LogP contribution in [0.25, 0.3) is 0 Å². The Morgan fingerprint density at radius 2 is 2.35 bits per heavy atom. The van der Waals surface area contributed by atoms with Crippen molar-refractivity contribution in [1.29, 1.82) is 0 Å². The van der Waals surface area contributed by atoms with E-state index in [-0.39, 0.29) is 5.60 Å². The van der Waals surface area contributed by atoms with Crippen molar-refractivity contribution in [1.82, 2.24) is 14.9 Å². The van der Waals surface area contributed by atoms with Crippen LogP contribution in [0.15, 0.2) is 6.20 Å². The summed E-state index contributed by atoms with van der Waals surface area (Å²) < 4.78 is 13.4. The van der Waals surface area contributed by atoms with Crippen LogP contribution in [0.2, 0.25) is 0 Å². The van der Waals surface area contributed by atoms with E-state index in [2.05, 4.69) is 35.6 Å². The maximum absolute atomic E-state index is 6.09. The van der Waals surface area contributed by atoms with Crippen molar-refractivity contribution in [2.24, 2.45) is 0 Å². The van der Waals surface area contributed by atoms with Crippen molar-refractivity contribution in [3.63, 3.8) is 0 Å². The highest BCUT2D eigenvalue weighted by Gasteiger charge is 2.32. The molecule has 1 saturated heterocycles. The summed E-state index contributed by atoms with van der Waals surface area (Å²) in [6.45, 7) is 9.69. The van der Waals surface area contributed by atoms with Gasteiger partial charge in [-0.1, -0.05) is 0 Å². The lowest BCUT2D eigenvalue weighted by atomic mass is 10.1. The van der Waals surface area contributed by atoms with E-state index in [1.165, 1.54) is 5.69 Å². The molecule has 1 aliphatic heterocycles. The molecule has 1 aromatic heterocycles. The molecule has 2 heterocycles. The molecule has 114 valence electrons. The number of aryl methyl sites for hydroxylation is 1. The average molecular weight is 281 g/mol. The van der Waals surface area contributed by atoms with Crippen LogP contribution in [0.4, 0.5) is 0 Å². The van der Waals surface area contributed by atoms with Gasteiger partial charge in [-0.05, 0) is 33.6 Å². The Morgan fingerprint density at radius 1 is 1.55 bits per heavy atom. The first-order chi connectivity index (χ1) is 9.52. The summed E-state index contributed by atoms with van der Waals surface area (Å²) in [6.07, 6.45) is 4.51. The Labute approximate surface area is 121 Å². The lowest BCUT2D eigenvalue weighted by Gasteiger charge is -2.21. The first-order valence-corrected chi connectivity index (χ1v) is 7.40. The predicted molar refractivity (Wildman–Crippen MR) is 78.7 cm³/mol. The normalized spacial score (nSPS) is 21.5. The second-order valence-corrected chi connectivity index (χ2v) is 6.12. The molecular formula is C15H27N3O2. The number of hydrogen-bond acceptors (Lipinski definition) is 4. The molecule has 1 unspecified atom stereocenters. The maximum Gasteiger partial charge on any atom is 0.105 e. The Bertz CT molecular complexity index is 429. The van der Waals surface area contributed by atoms with Crippen LogP contribution in [0.1, 0.15) is 38.2 Å². The summed E-state index contributed by atoms with van der Waals surface area (Å²) >= 11 is 0. The van der Waals surface area contributed by atoms with Crippen molar-refractivity contribution in [3.8, 4) is 0 Å². The molecule has 5 heteroatoms. The van der Waals surface area contributed by atoms with Crippen LogP contribution >= 0.6 is 0 Å². The van der Waals surface area contributed by atoms with Crippen molar-refractivity contribution < 1.29 is 9.47 Å². The second kappa shape index (κ2) is 6.70. The molecule has 1 atom stereocenters. The number of ether oxygens (including phenoxy) is 2. The quantitative estimate of drug-likeness (QED) is 0.775. The van der Waals surface area contributed by atoms with Gasteiger partial charge in [0.05, 0.1) is 30.6 Å². The fraction of sp³-hybridized carbons (Fsp3) is 0.800. The van der Waals surface area contributed by atoms with Crippen molar-refractivity contribution >= 4 is 0 Å². The molecule has 1 aromatic rings. The van der Waals surface area contributed by atoms with E-state index in [0.717, 1.165) is 44.9 Å². The minimum atomic E-state index is 0.0238. The van der Waals surface area contributed by atoms with Gasteiger partial charge < -0.3 is 19.4 Å². The number of nitrogens with one attached hydrogen (secondary N) is 1. The molecule has 0 aromatic carbocycles. The van der Waals surface area contributed by atoms with Gasteiger partial charge in [0.25, 0.3) is 0 Å². The first kappa shape index (κ1) is 15.5. The van der Waals surface area contributed by atoms with E-state index in [1.54, 1.807) is 7.11 Å². The number of aromatic nitrogens is 2. The van der Waals surface area contributed by atoms with Crippen molar-refractivity contribution in [2.45, 2.75) is 58.4 Å². The fourth-order valence-electron chi connectivity index (χ4n) is 2.71. The fourth-order valence-corrected chi connectivity index (χ4v) is 2.71. The van der Waals surface area contributed by atoms with Crippen LogP contribution in [0.3, 0.4) is 0 Å². The van der Waals surface area contributed by atoms with Gasteiger partial charge in [-0.2, -0.15) is 0 Å². The zero-order valence-electron chi connectivity index (χ0n) is 13.1. The highest BCUT2D eigenvalue weighted by atomic mass is 16.5. The predicted octanol–water partition coefficient (Wildman–Crippen LogP) is 1.89. The van der Waals surface area contributed by atoms with Gasteiger partial charge in [0, 0.05) is 26.4 Å². The van der Waals surface area contributed by atoms with E-state index in [9.17, 15) is 0 Å². The summed E-state index contributed by atoms with van der Waals surface area (Å²) in [5, 5.41) is 3.37. The molecule has 2 rings (SSSR count). The standard InChI is InChI=1S/C15H27N3O2/c1-12-17-10-13(9-16-7-8-19-4)18(12)11-14-5-6-15(2,3)20-14/h10,14,16H,5-9,11H2,1-4H3.